The number of aromatic nitrogens is 1. The van der Waals surface area contributed by atoms with Gasteiger partial charge < -0.3 is 9.67 Å². The summed E-state index contributed by atoms with van der Waals surface area (Å²) in [6.07, 6.45) is 1.66. The number of hydrogen-bond acceptors (Lipinski definition) is 3. The van der Waals surface area contributed by atoms with Gasteiger partial charge in [0.1, 0.15) is 0 Å². The third kappa shape index (κ3) is 1.46. The van der Waals surface area contributed by atoms with Crippen molar-refractivity contribution in [2.45, 2.75) is 11.4 Å². The van der Waals surface area contributed by atoms with Crippen LogP contribution in [0.1, 0.15) is 10.4 Å². The Balaban J connectivity index is 2.32. The average Bonchev–Trinajstić information content (AvgIpc) is 2.70. The Morgan fingerprint density at radius 2 is 2.18 bits per heavy atom. The molecule has 1 aromatic heterocycles. The van der Waals surface area contributed by atoms with Crippen LogP contribution < -0.4 is 0 Å². The predicted molar refractivity (Wildman–Crippen MR) is 64.6 cm³/mol. The van der Waals surface area contributed by atoms with Gasteiger partial charge in [0.25, 0.3) is 5.78 Å². The summed E-state index contributed by atoms with van der Waals surface area (Å²) in [5.74, 6) is -1.29. The minimum Gasteiger partial charge on any atom is -0.475 e. The van der Waals surface area contributed by atoms with Crippen LogP contribution in [0.25, 0.3) is 10.9 Å². The predicted octanol–water partition coefficient (Wildman–Crippen LogP) is 2.01. The van der Waals surface area contributed by atoms with Gasteiger partial charge in [-0.1, -0.05) is 12.1 Å². The number of carboxylic acids is 1. The minimum atomic E-state index is -1.40. The van der Waals surface area contributed by atoms with Gasteiger partial charge in [-0.05, 0) is 6.07 Å². The van der Waals surface area contributed by atoms with Crippen LogP contribution in [0.3, 0.4) is 0 Å². The number of aryl methyl sites for hydroxylation is 1. The highest BCUT2D eigenvalue weighted by atomic mass is 32.2. The number of carbonyl (C=O) groups is 2. The SMILES string of the molecule is O=C(O)C(=O)c1cn2c3c(cccc13)SCC2. The van der Waals surface area contributed by atoms with E-state index < -0.39 is 11.8 Å². The summed E-state index contributed by atoms with van der Waals surface area (Å²) < 4.78 is 1.97. The summed E-state index contributed by atoms with van der Waals surface area (Å²) >= 11 is 1.74. The molecule has 0 fully saturated rings. The molecule has 86 valence electrons. The van der Waals surface area contributed by atoms with Crippen molar-refractivity contribution in [2.24, 2.45) is 0 Å². The number of ketones is 1. The summed E-state index contributed by atoms with van der Waals surface area (Å²) in [6, 6.07) is 5.66. The van der Waals surface area contributed by atoms with E-state index in [1.807, 2.05) is 16.7 Å². The first-order valence-corrected chi connectivity index (χ1v) is 6.19. The Morgan fingerprint density at radius 1 is 1.35 bits per heavy atom. The standard InChI is InChI=1S/C12H9NO3S/c14-11(12(15)16)8-6-13-4-5-17-9-3-1-2-7(8)10(9)13/h1-3,6H,4-5H2,(H,15,16). The molecular formula is C12H9NO3S. The quantitative estimate of drug-likeness (QED) is 0.651. The first-order chi connectivity index (χ1) is 8.18. The van der Waals surface area contributed by atoms with Gasteiger partial charge in [0.2, 0.25) is 0 Å². The molecule has 1 aliphatic heterocycles. The topological polar surface area (TPSA) is 59.3 Å². The van der Waals surface area contributed by atoms with Gasteiger partial charge in [0, 0.05) is 28.8 Å². The molecule has 0 saturated carbocycles. The van der Waals surface area contributed by atoms with E-state index in [0.29, 0.717) is 0 Å². The summed E-state index contributed by atoms with van der Waals surface area (Å²) in [5.41, 5.74) is 1.27. The second-order valence-electron chi connectivity index (χ2n) is 3.87. The smallest absolute Gasteiger partial charge is 0.377 e. The molecule has 0 amide bonds. The lowest BCUT2D eigenvalue weighted by Gasteiger charge is -2.14. The van der Waals surface area contributed by atoms with Crippen molar-refractivity contribution in [1.82, 2.24) is 4.57 Å². The fraction of sp³-hybridized carbons (Fsp3) is 0.167. The summed E-state index contributed by atoms with van der Waals surface area (Å²) in [6.45, 7) is 0.811. The molecule has 0 spiro atoms. The molecule has 1 aliphatic rings. The Morgan fingerprint density at radius 3 is 2.94 bits per heavy atom. The molecule has 5 heteroatoms. The summed E-state index contributed by atoms with van der Waals surface area (Å²) in [7, 11) is 0. The fourth-order valence-corrected chi connectivity index (χ4v) is 3.22. The maximum Gasteiger partial charge on any atom is 0.377 e. The van der Waals surface area contributed by atoms with Gasteiger partial charge in [0.15, 0.2) is 0 Å². The molecule has 0 atom stereocenters. The minimum absolute atomic E-state index is 0.289. The van der Waals surface area contributed by atoms with Crippen LogP contribution in [-0.2, 0) is 11.3 Å². The van der Waals surface area contributed by atoms with E-state index in [4.69, 9.17) is 5.11 Å². The van der Waals surface area contributed by atoms with E-state index in [1.165, 1.54) is 0 Å². The molecule has 0 unspecified atom stereocenters. The zero-order valence-electron chi connectivity index (χ0n) is 8.84. The largest absolute Gasteiger partial charge is 0.475 e. The maximum atomic E-state index is 11.6. The van der Waals surface area contributed by atoms with E-state index in [9.17, 15) is 9.59 Å². The molecular weight excluding hydrogens is 238 g/mol. The highest BCUT2D eigenvalue weighted by Gasteiger charge is 2.23. The van der Waals surface area contributed by atoms with E-state index in [-0.39, 0.29) is 5.56 Å². The van der Waals surface area contributed by atoms with Gasteiger partial charge in [-0.3, -0.25) is 4.79 Å². The zero-order valence-corrected chi connectivity index (χ0v) is 9.66. The van der Waals surface area contributed by atoms with Crippen molar-refractivity contribution >= 4 is 34.4 Å². The lowest BCUT2D eigenvalue weighted by Crippen LogP contribution is -2.12. The van der Waals surface area contributed by atoms with Crippen LogP contribution >= 0.6 is 11.8 Å². The van der Waals surface area contributed by atoms with Crippen LogP contribution in [-0.4, -0.2) is 27.2 Å². The van der Waals surface area contributed by atoms with Crippen molar-refractivity contribution in [2.75, 3.05) is 5.75 Å². The summed E-state index contributed by atoms with van der Waals surface area (Å²) in [4.78, 5) is 23.5. The molecule has 0 bridgehead atoms. The molecule has 2 heterocycles. The van der Waals surface area contributed by atoms with Crippen LogP contribution in [0, 0.1) is 0 Å². The number of nitrogens with zero attached hydrogens (tertiary/aromatic N) is 1. The highest BCUT2D eigenvalue weighted by molar-refractivity contribution is 7.99. The van der Waals surface area contributed by atoms with Crippen LogP contribution in [0.15, 0.2) is 29.3 Å². The fourth-order valence-electron chi connectivity index (χ4n) is 2.17. The molecule has 0 saturated heterocycles. The van der Waals surface area contributed by atoms with Gasteiger partial charge in [-0.2, -0.15) is 0 Å². The first kappa shape index (κ1) is 10.4. The number of carbonyl (C=O) groups excluding carboxylic acids is 1. The van der Waals surface area contributed by atoms with Crippen molar-refractivity contribution in [3.05, 3.63) is 30.0 Å². The Hall–Kier alpha value is -1.75. The molecule has 4 nitrogen and oxygen atoms in total. The van der Waals surface area contributed by atoms with E-state index >= 15 is 0 Å². The molecule has 3 rings (SSSR count). The number of aliphatic carboxylic acids is 1. The first-order valence-electron chi connectivity index (χ1n) is 5.21. The van der Waals surface area contributed by atoms with Crippen LogP contribution in [0.5, 0.6) is 0 Å². The molecule has 0 aliphatic carbocycles. The van der Waals surface area contributed by atoms with E-state index in [2.05, 4.69) is 0 Å². The van der Waals surface area contributed by atoms with Crippen LogP contribution in [0.4, 0.5) is 0 Å². The Bertz CT molecular complexity index is 644. The van der Waals surface area contributed by atoms with E-state index in [1.54, 1.807) is 24.0 Å². The molecule has 0 radical (unpaired) electrons. The number of thioether (sulfide) groups is 1. The molecule has 17 heavy (non-hydrogen) atoms. The normalized spacial score (nSPS) is 13.9. The van der Waals surface area contributed by atoms with Gasteiger partial charge in [0.05, 0.1) is 11.1 Å². The second kappa shape index (κ2) is 3.63. The highest BCUT2D eigenvalue weighted by Crippen LogP contribution is 2.35. The third-order valence-corrected chi connectivity index (χ3v) is 3.92. The number of benzene rings is 1. The van der Waals surface area contributed by atoms with Gasteiger partial charge in [-0.25, -0.2) is 4.79 Å². The van der Waals surface area contributed by atoms with Gasteiger partial charge in [-0.15, -0.1) is 11.8 Å². The van der Waals surface area contributed by atoms with Crippen molar-refractivity contribution in [3.63, 3.8) is 0 Å². The number of para-hydroxylation sites is 1. The lowest BCUT2D eigenvalue weighted by atomic mass is 10.1. The Labute approximate surface area is 101 Å². The Kier molecular flexibility index (Phi) is 2.22. The second-order valence-corrected chi connectivity index (χ2v) is 5.01. The maximum absolute atomic E-state index is 11.6. The van der Waals surface area contributed by atoms with E-state index in [0.717, 1.165) is 28.1 Å². The van der Waals surface area contributed by atoms with Crippen LogP contribution in [0.2, 0.25) is 0 Å². The van der Waals surface area contributed by atoms with Crippen molar-refractivity contribution in [1.29, 1.82) is 0 Å². The molecule has 1 aromatic carbocycles. The molecule has 1 N–H and O–H groups in total. The number of hydrogen-bond donors (Lipinski definition) is 1. The average molecular weight is 247 g/mol. The monoisotopic (exact) mass is 247 g/mol. The van der Waals surface area contributed by atoms with Gasteiger partial charge >= 0.3 is 5.97 Å². The number of carboxylic acid groups (broad SMARTS) is 1. The number of rotatable bonds is 2. The molecule has 2 aromatic rings. The number of Topliss-reactive ketones (excluding diaryl/α,β-unsaturated/α-hetero) is 1. The third-order valence-electron chi connectivity index (χ3n) is 2.89. The van der Waals surface area contributed by atoms with Crippen molar-refractivity contribution in [3.8, 4) is 0 Å². The zero-order chi connectivity index (χ0) is 12.0. The van der Waals surface area contributed by atoms with Crippen molar-refractivity contribution < 1.29 is 14.7 Å². The lowest BCUT2D eigenvalue weighted by molar-refractivity contribution is -0.131. The summed E-state index contributed by atoms with van der Waals surface area (Å²) in [5, 5.41) is 9.54.